The maximum Gasteiger partial charge on any atom is 0.133 e. The van der Waals surface area contributed by atoms with Crippen molar-refractivity contribution in [1.82, 2.24) is 0 Å². The first kappa shape index (κ1) is 7.34. The second kappa shape index (κ2) is 3.36. The van der Waals surface area contributed by atoms with Crippen LogP contribution in [0.2, 0.25) is 0 Å². The highest BCUT2D eigenvalue weighted by atomic mass is 16.1. The smallest absolute Gasteiger partial charge is 0.133 e. The van der Waals surface area contributed by atoms with Crippen LogP contribution in [-0.2, 0) is 9.59 Å². The largest absolute Gasteiger partial charge is 0.300 e. The quantitative estimate of drug-likeness (QED) is 0.535. The monoisotopic (exact) mass is 112 g/mol. The van der Waals surface area contributed by atoms with Crippen LogP contribution in [0.25, 0.3) is 0 Å². The average Bonchev–Trinajstić information content (AvgIpc) is 1.61. The summed E-state index contributed by atoms with van der Waals surface area (Å²) in [6, 6.07) is 0. The Balaban J connectivity index is 3.18. The molecule has 0 N–H and O–H groups in total. The van der Waals surface area contributed by atoms with Crippen molar-refractivity contribution in [3.8, 4) is 0 Å². The lowest BCUT2D eigenvalue weighted by molar-refractivity contribution is -0.119. The van der Waals surface area contributed by atoms with Gasteiger partial charge in [-0.15, -0.1) is 0 Å². The van der Waals surface area contributed by atoms with Crippen molar-refractivity contribution < 1.29 is 9.59 Å². The lowest BCUT2D eigenvalue weighted by Crippen LogP contribution is -1.95. The summed E-state index contributed by atoms with van der Waals surface area (Å²) >= 11 is 0. The van der Waals surface area contributed by atoms with E-state index in [4.69, 9.17) is 0 Å². The Morgan fingerprint density at radius 1 is 1.00 bits per heavy atom. The molecular formula is C6H8O2. The predicted octanol–water partition coefficient (Wildman–Crippen LogP) is 0.573. The molecule has 2 radical (unpaired) electrons. The molecule has 2 heteroatoms. The van der Waals surface area contributed by atoms with Gasteiger partial charge in [0.05, 0.1) is 0 Å². The molecular weight excluding hydrogens is 104 g/mol. The number of rotatable bonds is 3. The molecule has 44 valence electrons. The Hall–Kier alpha value is -0.660. The number of hydrogen-bond donors (Lipinski definition) is 0. The number of hydrogen-bond acceptors (Lipinski definition) is 2. The van der Waals surface area contributed by atoms with Crippen molar-refractivity contribution in [3.63, 3.8) is 0 Å². The van der Waals surface area contributed by atoms with E-state index in [-0.39, 0.29) is 24.4 Å². The molecule has 8 heavy (non-hydrogen) atoms. The SMILES string of the molecule is [CH2]C(=O)CCC([CH2])=O. The van der Waals surface area contributed by atoms with E-state index in [9.17, 15) is 9.59 Å². The Labute approximate surface area is 48.9 Å². The molecule has 0 atom stereocenters. The number of Topliss-reactive ketones (excluding diaryl/α,β-unsaturated/α-hetero) is 2. The van der Waals surface area contributed by atoms with Crippen LogP contribution in [-0.4, -0.2) is 11.6 Å². The fourth-order valence-electron chi connectivity index (χ4n) is 0.279. The lowest BCUT2D eigenvalue weighted by Gasteiger charge is -1.86. The third-order valence-corrected chi connectivity index (χ3v) is 0.683. The van der Waals surface area contributed by atoms with Crippen molar-refractivity contribution in [2.75, 3.05) is 0 Å². The molecule has 0 aliphatic rings. The first-order chi connectivity index (χ1) is 3.63. The van der Waals surface area contributed by atoms with Crippen molar-refractivity contribution in [2.24, 2.45) is 0 Å². The summed E-state index contributed by atoms with van der Waals surface area (Å²) < 4.78 is 0. The second-order valence-electron chi connectivity index (χ2n) is 1.58. The Kier molecular flexibility index (Phi) is 3.08. The van der Waals surface area contributed by atoms with Crippen molar-refractivity contribution in [2.45, 2.75) is 12.8 Å². The predicted molar refractivity (Wildman–Crippen MR) is 30.0 cm³/mol. The molecule has 0 aromatic carbocycles. The minimum Gasteiger partial charge on any atom is -0.300 e. The van der Waals surface area contributed by atoms with Crippen LogP contribution >= 0.6 is 0 Å². The minimum atomic E-state index is -0.206. The number of carbonyl (C=O) groups excluding carboxylic acids is 2. The zero-order chi connectivity index (χ0) is 6.57. The van der Waals surface area contributed by atoms with Gasteiger partial charge >= 0.3 is 0 Å². The molecule has 0 unspecified atom stereocenters. The van der Waals surface area contributed by atoms with Crippen molar-refractivity contribution in [1.29, 1.82) is 0 Å². The van der Waals surface area contributed by atoms with Gasteiger partial charge in [-0.25, -0.2) is 0 Å². The molecule has 0 bridgehead atoms. The zero-order valence-corrected chi connectivity index (χ0v) is 4.64. The first-order valence-electron chi connectivity index (χ1n) is 2.32. The minimum absolute atomic E-state index is 0.206. The third-order valence-electron chi connectivity index (χ3n) is 0.683. The van der Waals surface area contributed by atoms with Gasteiger partial charge in [-0.05, 0) is 0 Å². The molecule has 0 fully saturated rings. The average molecular weight is 112 g/mol. The van der Waals surface area contributed by atoms with Gasteiger partial charge in [0.15, 0.2) is 0 Å². The van der Waals surface area contributed by atoms with Gasteiger partial charge in [-0.2, -0.15) is 0 Å². The van der Waals surface area contributed by atoms with Crippen LogP contribution in [0.15, 0.2) is 0 Å². The van der Waals surface area contributed by atoms with E-state index in [1.165, 1.54) is 0 Å². The third kappa shape index (κ3) is 5.34. The van der Waals surface area contributed by atoms with E-state index >= 15 is 0 Å². The van der Waals surface area contributed by atoms with E-state index in [0.29, 0.717) is 0 Å². The maximum atomic E-state index is 10.1. The molecule has 0 saturated carbocycles. The Bertz CT molecular complexity index is 91.1. The van der Waals surface area contributed by atoms with Crippen LogP contribution in [0.1, 0.15) is 12.8 Å². The van der Waals surface area contributed by atoms with Crippen LogP contribution in [0.4, 0.5) is 0 Å². The molecule has 2 nitrogen and oxygen atoms in total. The van der Waals surface area contributed by atoms with Gasteiger partial charge < -0.3 is 0 Å². The summed E-state index contributed by atoms with van der Waals surface area (Å²) in [6.07, 6.45) is 0.449. The van der Waals surface area contributed by atoms with Crippen LogP contribution in [0, 0.1) is 13.8 Å². The van der Waals surface area contributed by atoms with E-state index < -0.39 is 0 Å². The highest BCUT2D eigenvalue weighted by molar-refractivity contribution is 5.89. The number of carbonyl (C=O) groups is 2. The second-order valence-corrected chi connectivity index (χ2v) is 1.58. The van der Waals surface area contributed by atoms with Crippen LogP contribution < -0.4 is 0 Å². The zero-order valence-electron chi connectivity index (χ0n) is 4.64. The summed E-state index contributed by atoms with van der Waals surface area (Å²) in [6.45, 7) is 6.18. The molecule has 0 aliphatic carbocycles. The topological polar surface area (TPSA) is 34.1 Å². The summed E-state index contributed by atoms with van der Waals surface area (Å²) in [5.74, 6) is -0.413. The van der Waals surface area contributed by atoms with E-state index in [0.717, 1.165) is 0 Å². The Morgan fingerprint density at radius 3 is 1.38 bits per heavy atom. The van der Waals surface area contributed by atoms with E-state index in [1.807, 2.05) is 0 Å². The fraction of sp³-hybridized carbons (Fsp3) is 0.333. The molecule has 0 rings (SSSR count). The standard InChI is InChI=1S/C6H8O2/c1-5(7)3-4-6(2)8/h1-4H2. The summed E-state index contributed by atoms with van der Waals surface area (Å²) in [7, 11) is 0. The molecule has 0 amide bonds. The van der Waals surface area contributed by atoms with Gasteiger partial charge in [0.1, 0.15) is 11.6 Å². The molecule has 0 heterocycles. The highest BCUT2D eigenvalue weighted by Gasteiger charge is 1.95. The van der Waals surface area contributed by atoms with Gasteiger partial charge in [-0.1, -0.05) is 0 Å². The summed E-state index contributed by atoms with van der Waals surface area (Å²) in [4.78, 5) is 20.1. The van der Waals surface area contributed by atoms with Crippen LogP contribution in [0.5, 0.6) is 0 Å². The fourth-order valence-corrected chi connectivity index (χ4v) is 0.279. The summed E-state index contributed by atoms with van der Waals surface area (Å²) in [5, 5.41) is 0. The molecule has 0 saturated heterocycles. The normalized spacial score (nSPS) is 8.75. The first-order valence-corrected chi connectivity index (χ1v) is 2.32. The molecule has 0 spiro atoms. The number of ketones is 2. The van der Waals surface area contributed by atoms with Crippen molar-refractivity contribution in [3.05, 3.63) is 13.8 Å². The highest BCUT2D eigenvalue weighted by Crippen LogP contribution is 1.88. The van der Waals surface area contributed by atoms with Crippen LogP contribution in [0.3, 0.4) is 0 Å². The summed E-state index contributed by atoms with van der Waals surface area (Å²) in [5.41, 5.74) is 0. The molecule has 0 aliphatic heterocycles. The maximum absolute atomic E-state index is 10.1. The van der Waals surface area contributed by atoms with E-state index in [2.05, 4.69) is 13.8 Å². The Morgan fingerprint density at radius 2 is 1.25 bits per heavy atom. The van der Waals surface area contributed by atoms with Gasteiger partial charge in [0.25, 0.3) is 0 Å². The van der Waals surface area contributed by atoms with E-state index in [1.54, 1.807) is 0 Å². The van der Waals surface area contributed by atoms with Gasteiger partial charge in [0, 0.05) is 26.7 Å². The van der Waals surface area contributed by atoms with Gasteiger partial charge in [0.2, 0.25) is 0 Å². The van der Waals surface area contributed by atoms with Gasteiger partial charge in [-0.3, -0.25) is 9.59 Å². The lowest BCUT2D eigenvalue weighted by atomic mass is 10.2. The molecule has 0 aromatic rings. The molecule has 0 aromatic heterocycles. The van der Waals surface area contributed by atoms with Crippen molar-refractivity contribution >= 4 is 11.6 Å².